The number of nitrogens with zero attached hydrogens (tertiary/aromatic N) is 2. The van der Waals surface area contributed by atoms with Gasteiger partial charge in [-0.3, -0.25) is 0 Å². The number of nitrogens with one attached hydrogen (secondary N) is 2. The highest BCUT2D eigenvalue weighted by molar-refractivity contribution is 9.10. The molecule has 5 nitrogen and oxygen atoms in total. The smallest absolute Gasteiger partial charge is 0.142 e. The number of benzene rings is 1. The summed E-state index contributed by atoms with van der Waals surface area (Å²) < 4.78 is 6.34. The topological polar surface area (TPSA) is 59.1 Å². The van der Waals surface area contributed by atoms with Crippen LogP contribution in [0.25, 0.3) is 0 Å². The number of methoxy groups -OCH3 is 1. The second-order valence-electron chi connectivity index (χ2n) is 4.41. The Bertz CT molecular complexity index is 619. The fraction of sp³-hybridized carbons (Fsp3) is 0.333. The molecule has 2 aromatic rings. The van der Waals surface area contributed by atoms with Crippen molar-refractivity contribution >= 4 is 33.3 Å². The van der Waals surface area contributed by atoms with E-state index in [1.54, 1.807) is 7.11 Å². The van der Waals surface area contributed by atoms with Gasteiger partial charge < -0.3 is 15.4 Å². The van der Waals surface area contributed by atoms with E-state index in [0.717, 1.165) is 46.3 Å². The Morgan fingerprint density at radius 1 is 1.14 bits per heavy atom. The molecule has 2 rings (SSSR count). The van der Waals surface area contributed by atoms with Crippen LogP contribution in [0.5, 0.6) is 5.75 Å². The molecule has 0 saturated carbocycles. The zero-order valence-corrected chi connectivity index (χ0v) is 14.0. The van der Waals surface area contributed by atoms with E-state index in [9.17, 15) is 0 Å². The van der Waals surface area contributed by atoms with Crippen molar-refractivity contribution in [3.05, 3.63) is 34.6 Å². The lowest BCUT2D eigenvalue weighted by molar-refractivity contribution is 0.416. The molecule has 0 aliphatic carbocycles. The summed E-state index contributed by atoms with van der Waals surface area (Å²) in [5.74, 6) is 3.12. The van der Waals surface area contributed by atoms with Crippen LogP contribution >= 0.6 is 15.9 Å². The molecule has 0 amide bonds. The van der Waals surface area contributed by atoms with Crippen LogP contribution in [0.3, 0.4) is 0 Å². The molecule has 1 heterocycles. The molecule has 0 spiro atoms. The predicted octanol–water partition coefficient (Wildman–Crippen LogP) is 3.99. The van der Waals surface area contributed by atoms with Crippen molar-refractivity contribution in [2.45, 2.75) is 20.3 Å². The van der Waals surface area contributed by atoms with Crippen molar-refractivity contribution in [1.82, 2.24) is 9.97 Å². The van der Waals surface area contributed by atoms with Gasteiger partial charge in [0, 0.05) is 23.5 Å². The molecular weight excluding hydrogens is 332 g/mol. The Labute approximate surface area is 133 Å². The van der Waals surface area contributed by atoms with Gasteiger partial charge >= 0.3 is 0 Å². The maximum atomic E-state index is 5.36. The lowest BCUT2D eigenvalue weighted by atomic mass is 10.3. The zero-order valence-electron chi connectivity index (χ0n) is 12.4. The van der Waals surface area contributed by atoms with E-state index in [4.69, 9.17) is 4.74 Å². The van der Waals surface area contributed by atoms with Gasteiger partial charge in [-0.2, -0.15) is 0 Å². The maximum Gasteiger partial charge on any atom is 0.142 e. The molecule has 112 valence electrons. The van der Waals surface area contributed by atoms with E-state index >= 15 is 0 Å². The summed E-state index contributed by atoms with van der Waals surface area (Å²) in [7, 11) is 1.65. The fourth-order valence-corrected chi connectivity index (χ4v) is 2.27. The highest BCUT2D eigenvalue weighted by Gasteiger charge is 2.07. The van der Waals surface area contributed by atoms with E-state index in [1.807, 2.05) is 38.1 Å². The minimum atomic E-state index is 0.745. The van der Waals surface area contributed by atoms with Crippen molar-refractivity contribution < 1.29 is 4.74 Å². The van der Waals surface area contributed by atoms with Crippen molar-refractivity contribution in [3.63, 3.8) is 0 Å². The van der Waals surface area contributed by atoms with Crippen LogP contribution in [0.15, 0.2) is 28.7 Å². The van der Waals surface area contributed by atoms with E-state index in [0.29, 0.717) is 0 Å². The van der Waals surface area contributed by atoms with Crippen molar-refractivity contribution in [3.8, 4) is 5.75 Å². The van der Waals surface area contributed by atoms with E-state index < -0.39 is 0 Å². The van der Waals surface area contributed by atoms with Crippen molar-refractivity contribution in [2.75, 3.05) is 24.3 Å². The highest BCUT2D eigenvalue weighted by atomic mass is 79.9. The van der Waals surface area contributed by atoms with Crippen LogP contribution < -0.4 is 15.4 Å². The average Bonchev–Trinajstić information content (AvgIpc) is 2.47. The predicted molar refractivity (Wildman–Crippen MR) is 89.6 cm³/mol. The molecule has 1 aromatic carbocycles. The Morgan fingerprint density at radius 3 is 2.57 bits per heavy atom. The first-order valence-corrected chi connectivity index (χ1v) is 7.68. The summed E-state index contributed by atoms with van der Waals surface area (Å²) in [6.45, 7) is 4.90. The number of aryl methyl sites for hydroxylation is 1. The van der Waals surface area contributed by atoms with Gasteiger partial charge in [-0.15, -0.1) is 0 Å². The number of halogens is 1. The van der Waals surface area contributed by atoms with Crippen LogP contribution in [0.2, 0.25) is 0 Å². The summed E-state index contributed by atoms with van der Waals surface area (Å²) in [5, 5.41) is 6.51. The number of anilines is 3. The van der Waals surface area contributed by atoms with E-state index in [-0.39, 0.29) is 0 Å². The fourth-order valence-electron chi connectivity index (χ4n) is 1.91. The molecule has 1 aromatic heterocycles. The van der Waals surface area contributed by atoms with Crippen LogP contribution in [0.4, 0.5) is 17.3 Å². The van der Waals surface area contributed by atoms with Gasteiger partial charge in [-0.25, -0.2) is 9.97 Å². The summed E-state index contributed by atoms with van der Waals surface area (Å²) in [4.78, 5) is 8.94. The summed E-state index contributed by atoms with van der Waals surface area (Å²) in [5.41, 5.74) is 0.857. The molecule has 0 unspecified atom stereocenters. The van der Waals surface area contributed by atoms with Crippen LogP contribution in [-0.2, 0) is 6.42 Å². The first-order valence-electron chi connectivity index (χ1n) is 6.88. The number of hydrogen-bond acceptors (Lipinski definition) is 5. The van der Waals surface area contributed by atoms with Crippen LogP contribution in [0.1, 0.15) is 19.7 Å². The highest BCUT2D eigenvalue weighted by Crippen LogP contribution is 2.30. The SMILES string of the molecule is CCNc1cc(Nc2cc(Br)ccc2OC)nc(CC)n1. The van der Waals surface area contributed by atoms with Crippen molar-refractivity contribution in [2.24, 2.45) is 0 Å². The first kappa shape index (κ1) is 15.6. The lowest BCUT2D eigenvalue weighted by Gasteiger charge is -2.13. The largest absolute Gasteiger partial charge is 0.495 e. The molecule has 0 atom stereocenters. The molecule has 2 N–H and O–H groups in total. The number of rotatable bonds is 6. The molecular formula is C15H19BrN4O. The summed E-state index contributed by atoms with van der Waals surface area (Å²) >= 11 is 3.47. The minimum absolute atomic E-state index is 0.745. The third kappa shape index (κ3) is 4.07. The Kier molecular flexibility index (Phi) is 5.38. The molecule has 0 fully saturated rings. The van der Waals surface area contributed by atoms with Gasteiger partial charge in [0.05, 0.1) is 12.8 Å². The Balaban J connectivity index is 2.34. The number of ether oxygens (including phenoxy) is 1. The minimum Gasteiger partial charge on any atom is -0.495 e. The van der Waals surface area contributed by atoms with Crippen molar-refractivity contribution in [1.29, 1.82) is 0 Å². The number of hydrogen-bond donors (Lipinski definition) is 2. The van der Waals surface area contributed by atoms with E-state index in [1.165, 1.54) is 0 Å². The molecule has 0 aliphatic rings. The van der Waals surface area contributed by atoms with Gasteiger partial charge in [-0.05, 0) is 25.1 Å². The zero-order chi connectivity index (χ0) is 15.2. The summed E-state index contributed by atoms with van der Waals surface area (Å²) in [6.07, 6.45) is 0.781. The molecule has 0 aliphatic heterocycles. The molecule has 6 heteroatoms. The summed E-state index contributed by atoms with van der Waals surface area (Å²) in [6, 6.07) is 7.69. The molecule has 0 bridgehead atoms. The normalized spacial score (nSPS) is 10.3. The van der Waals surface area contributed by atoms with E-state index in [2.05, 4.69) is 36.5 Å². The third-order valence-corrected chi connectivity index (χ3v) is 3.36. The first-order chi connectivity index (χ1) is 10.2. The maximum absolute atomic E-state index is 5.36. The van der Waals surface area contributed by atoms with Gasteiger partial charge in [-0.1, -0.05) is 22.9 Å². The van der Waals surface area contributed by atoms with Gasteiger partial charge in [0.1, 0.15) is 23.2 Å². The van der Waals surface area contributed by atoms with Crippen LogP contribution in [-0.4, -0.2) is 23.6 Å². The van der Waals surface area contributed by atoms with Gasteiger partial charge in [0.25, 0.3) is 0 Å². The second-order valence-corrected chi connectivity index (χ2v) is 5.32. The Morgan fingerprint density at radius 2 is 1.90 bits per heavy atom. The van der Waals surface area contributed by atoms with Gasteiger partial charge in [0.15, 0.2) is 0 Å². The number of aromatic nitrogens is 2. The third-order valence-electron chi connectivity index (χ3n) is 2.87. The average molecular weight is 351 g/mol. The van der Waals surface area contributed by atoms with Gasteiger partial charge in [0.2, 0.25) is 0 Å². The molecule has 21 heavy (non-hydrogen) atoms. The standard InChI is InChI=1S/C15H19BrN4O/c1-4-13-19-14(17-5-2)9-15(20-13)18-11-8-10(16)6-7-12(11)21-3/h6-9H,4-5H2,1-3H3,(H2,17,18,19,20). The Hall–Kier alpha value is -1.82. The second kappa shape index (κ2) is 7.26. The molecule has 0 radical (unpaired) electrons. The lowest BCUT2D eigenvalue weighted by Crippen LogP contribution is -2.06. The quantitative estimate of drug-likeness (QED) is 0.824. The monoisotopic (exact) mass is 350 g/mol. The van der Waals surface area contributed by atoms with Crippen LogP contribution in [0, 0.1) is 0 Å². The molecule has 0 saturated heterocycles.